The van der Waals surface area contributed by atoms with Crippen molar-refractivity contribution in [3.8, 4) is 0 Å². The molecule has 0 saturated carbocycles. The minimum absolute atomic E-state index is 0.351. The normalized spacial score (nSPS) is 10.9. The van der Waals surface area contributed by atoms with Gasteiger partial charge in [-0.1, -0.05) is 34.5 Å². The highest BCUT2D eigenvalue weighted by Crippen LogP contribution is 2.32. The van der Waals surface area contributed by atoms with Crippen molar-refractivity contribution in [1.82, 2.24) is 4.98 Å². The maximum Gasteiger partial charge on any atom is 0.188 e. The van der Waals surface area contributed by atoms with Gasteiger partial charge in [0.15, 0.2) is 5.13 Å². The number of nitrogens with one attached hydrogen (secondary N) is 1. The Kier molecular flexibility index (Phi) is 3.31. The number of rotatable bonds is 2. The number of aromatic nitrogens is 1. The molecule has 0 aliphatic heterocycles. The zero-order valence-electron chi connectivity index (χ0n) is 9.45. The largest absolute Gasteiger partial charge is 0.330 e. The first-order chi connectivity index (χ1) is 9.11. The van der Waals surface area contributed by atoms with E-state index in [1.54, 1.807) is 12.1 Å². The fourth-order valence-corrected chi connectivity index (χ4v) is 2.85. The number of benzene rings is 2. The van der Waals surface area contributed by atoms with E-state index in [0.29, 0.717) is 20.9 Å². The second kappa shape index (κ2) is 4.96. The van der Waals surface area contributed by atoms with Crippen LogP contribution in [0.25, 0.3) is 10.2 Å². The quantitative estimate of drug-likeness (QED) is 0.677. The second-order valence-electron chi connectivity index (χ2n) is 3.88. The zero-order valence-corrected chi connectivity index (χ0v) is 11.8. The Morgan fingerprint density at radius 3 is 2.79 bits per heavy atom. The van der Waals surface area contributed by atoms with Gasteiger partial charge in [-0.3, -0.25) is 0 Å². The smallest absolute Gasteiger partial charge is 0.188 e. The van der Waals surface area contributed by atoms with Gasteiger partial charge in [-0.05, 0) is 36.4 Å². The van der Waals surface area contributed by atoms with Crippen molar-refractivity contribution in [2.75, 3.05) is 5.32 Å². The van der Waals surface area contributed by atoms with Gasteiger partial charge in [0.25, 0.3) is 0 Å². The van der Waals surface area contributed by atoms with Gasteiger partial charge in [-0.15, -0.1) is 0 Å². The van der Waals surface area contributed by atoms with E-state index in [2.05, 4.69) is 10.3 Å². The van der Waals surface area contributed by atoms with Crippen molar-refractivity contribution in [3.05, 3.63) is 52.3 Å². The molecule has 96 valence electrons. The van der Waals surface area contributed by atoms with Crippen molar-refractivity contribution in [2.24, 2.45) is 0 Å². The highest BCUT2D eigenvalue weighted by atomic mass is 35.5. The summed E-state index contributed by atoms with van der Waals surface area (Å²) in [6, 6.07) is 9.64. The first-order valence-electron chi connectivity index (χ1n) is 5.40. The van der Waals surface area contributed by atoms with Gasteiger partial charge in [0.05, 0.1) is 20.9 Å². The standard InChI is InChI=1S/C13H7Cl2FN2S/c14-7-1-4-12-11(5-7)18-13(19-12)17-10-6-8(16)2-3-9(10)15/h1-6H,(H,17,18). The molecule has 1 N–H and O–H groups in total. The highest BCUT2D eigenvalue weighted by molar-refractivity contribution is 7.22. The molecule has 0 spiro atoms. The van der Waals surface area contributed by atoms with Gasteiger partial charge in [-0.25, -0.2) is 9.37 Å². The lowest BCUT2D eigenvalue weighted by Crippen LogP contribution is -1.91. The third-order valence-electron chi connectivity index (χ3n) is 2.52. The predicted octanol–water partition coefficient (Wildman–Crippen LogP) is 5.49. The SMILES string of the molecule is Fc1ccc(Cl)c(Nc2nc3cc(Cl)ccc3s2)c1. The third kappa shape index (κ3) is 2.66. The first kappa shape index (κ1) is 12.7. The molecule has 19 heavy (non-hydrogen) atoms. The summed E-state index contributed by atoms with van der Waals surface area (Å²) in [4.78, 5) is 4.38. The fraction of sp³-hybridized carbons (Fsp3) is 0. The molecule has 0 aliphatic carbocycles. The number of thiazole rings is 1. The molecule has 6 heteroatoms. The van der Waals surface area contributed by atoms with Crippen LogP contribution in [0.4, 0.5) is 15.2 Å². The summed E-state index contributed by atoms with van der Waals surface area (Å²) in [7, 11) is 0. The summed E-state index contributed by atoms with van der Waals surface area (Å²) in [5, 5.41) is 4.73. The van der Waals surface area contributed by atoms with Crippen LogP contribution in [0.3, 0.4) is 0 Å². The van der Waals surface area contributed by atoms with Crippen LogP contribution in [0, 0.1) is 5.82 Å². The first-order valence-corrected chi connectivity index (χ1v) is 6.97. The van der Waals surface area contributed by atoms with Crippen molar-refractivity contribution < 1.29 is 4.39 Å². The molecule has 1 heterocycles. The van der Waals surface area contributed by atoms with Crippen LogP contribution < -0.4 is 5.32 Å². The number of hydrogen-bond donors (Lipinski definition) is 1. The minimum atomic E-state index is -0.351. The van der Waals surface area contributed by atoms with E-state index in [1.165, 1.54) is 29.5 Å². The van der Waals surface area contributed by atoms with Crippen LogP contribution in [0.15, 0.2) is 36.4 Å². The summed E-state index contributed by atoms with van der Waals surface area (Å²) in [5.41, 5.74) is 1.29. The van der Waals surface area contributed by atoms with E-state index >= 15 is 0 Å². The van der Waals surface area contributed by atoms with Crippen molar-refractivity contribution in [3.63, 3.8) is 0 Å². The average Bonchev–Trinajstić information content (AvgIpc) is 2.75. The number of fused-ring (bicyclic) bond motifs is 1. The summed E-state index contributed by atoms with van der Waals surface area (Å²) in [5.74, 6) is -0.351. The maximum atomic E-state index is 13.2. The predicted molar refractivity (Wildman–Crippen MR) is 79.3 cm³/mol. The molecule has 1 aromatic heterocycles. The van der Waals surface area contributed by atoms with E-state index in [4.69, 9.17) is 23.2 Å². The van der Waals surface area contributed by atoms with Crippen LogP contribution in [-0.2, 0) is 0 Å². The molecule has 3 aromatic rings. The van der Waals surface area contributed by atoms with Crippen molar-refractivity contribution in [1.29, 1.82) is 0 Å². The summed E-state index contributed by atoms with van der Waals surface area (Å²) in [6.45, 7) is 0. The molecular formula is C13H7Cl2FN2S. The molecule has 0 bridgehead atoms. The van der Waals surface area contributed by atoms with Crippen LogP contribution in [-0.4, -0.2) is 4.98 Å². The fourth-order valence-electron chi connectivity index (χ4n) is 1.66. The number of halogens is 3. The van der Waals surface area contributed by atoms with Gasteiger partial charge < -0.3 is 5.32 Å². The lowest BCUT2D eigenvalue weighted by atomic mass is 10.3. The monoisotopic (exact) mass is 312 g/mol. The van der Waals surface area contributed by atoms with E-state index < -0.39 is 0 Å². The van der Waals surface area contributed by atoms with Gasteiger partial charge in [0.1, 0.15) is 5.82 Å². The number of anilines is 2. The molecular weight excluding hydrogens is 306 g/mol. The molecule has 0 unspecified atom stereocenters. The van der Waals surface area contributed by atoms with Gasteiger partial charge in [0.2, 0.25) is 0 Å². The van der Waals surface area contributed by atoms with Gasteiger partial charge in [-0.2, -0.15) is 0 Å². The highest BCUT2D eigenvalue weighted by Gasteiger charge is 2.07. The Balaban J connectivity index is 1.98. The van der Waals surface area contributed by atoms with E-state index in [1.807, 2.05) is 6.07 Å². The molecule has 2 nitrogen and oxygen atoms in total. The van der Waals surface area contributed by atoms with E-state index in [9.17, 15) is 4.39 Å². The van der Waals surface area contributed by atoms with Crippen LogP contribution in [0.1, 0.15) is 0 Å². The number of nitrogens with zero attached hydrogens (tertiary/aromatic N) is 1. The summed E-state index contributed by atoms with van der Waals surface area (Å²) in [6.07, 6.45) is 0. The van der Waals surface area contributed by atoms with E-state index in [0.717, 1.165) is 10.2 Å². The van der Waals surface area contributed by atoms with Crippen molar-refractivity contribution >= 4 is 55.6 Å². The molecule has 2 aromatic carbocycles. The molecule has 0 aliphatic rings. The van der Waals surface area contributed by atoms with Crippen molar-refractivity contribution in [2.45, 2.75) is 0 Å². The third-order valence-corrected chi connectivity index (χ3v) is 4.04. The van der Waals surface area contributed by atoms with E-state index in [-0.39, 0.29) is 5.82 Å². The lowest BCUT2D eigenvalue weighted by molar-refractivity contribution is 0.628. The Morgan fingerprint density at radius 1 is 1.11 bits per heavy atom. The van der Waals surface area contributed by atoms with Crippen LogP contribution >= 0.6 is 34.5 Å². The number of hydrogen-bond acceptors (Lipinski definition) is 3. The Morgan fingerprint density at radius 2 is 1.95 bits per heavy atom. The van der Waals surface area contributed by atoms with Crippen LogP contribution in [0.5, 0.6) is 0 Å². The molecule has 3 rings (SSSR count). The van der Waals surface area contributed by atoms with Gasteiger partial charge in [0, 0.05) is 5.02 Å². The minimum Gasteiger partial charge on any atom is -0.330 e. The average molecular weight is 313 g/mol. The second-order valence-corrected chi connectivity index (χ2v) is 5.75. The lowest BCUT2D eigenvalue weighted by Gasteiger charge is -2.04. The Hall–Kier alpha value is -1.36. The molecule has 0 amide bonds. The summed E-state index contributed by atoms with van der Waals surface area (Å²) >= 11 is 13.4. The molecule has 0 radical (unpaired) electrons. The molecule has 0 fully saturated rings. The Labute approximate surface area is 122 Å². The zero-order chi connectivity index (χ0) is 13.4. The topological polar surface area (TPSA) is 24.9 Å². The molecule has 0 atom stereocenters. The van der Waals surface area contributed by atoms with Gasteiger partial charge >= 0.3 is 0 Å². The Bertz CT molecular complexity index is 757. The maximum absolute atomic E-state index is 13.2. The molecule has 0 saturated heterocycles. The summed E-state index contributed by atoms with van der Waals surface area (Å²) < 4.78 is 14.2. The van der Waals surface area contributed by atoms with Crippen LogP contribution in [0.2, 0.25) is 10.0 Å².